The highest BCUT2D eigenvalue weighted by molar-refractivity contribution is 7.92. The quantitative estimate of drug-likeness (QED) is 0.170. The molecule has 12 heteroatoms. The summed E-state index contributed by atoms with van der Waals surface area (Å²) in [5.41, 5.74) is 0.871. The molecule has 0 aromatic heterocycles. The molecule has 0 saturated carbocycles. The van der Waals surface area contributed by atoms with Gasteiger partial charge < -0.3 is 10.2 Å². The van der Waals surface area contributed by atoms with Crippen LogP contribution in [0.15, 0.2) is 102 Å². The standard InChI is InChI=1S/C34H33Cl4N3O4S/c1-34(2,3)39-33(43)31(18-23-8-5-4-6-9-23)40(21-24-12-13-27(37)20-30(24)38)32(42)22-41(28-11-7-10-26(36)19-28)46(44,45)29-16-14-25(35)15-17-29/h4-17,19-20,31H,18,21-22H2,1-3H3,(H,39,43). The molecule has 4 aromatic carbocycles. The predicted octanol–water partition coefficient (Wildman–Crippen LogP) is 8.05. The van der Waals surface area contributed by atoms with Gasteiger partial charge in [-0.05, 0) is 86.5 Å². The number of anilines is 1. The van der Waals surface area contributed by atoms with Crippen molar-refractivity contribution in [1.82, 2.24) is 10.2 Å². The van der Waals surface area contributed by atoms with Crippen molar-refractivity contribution in [2.75, 3.05) is 10.8 Å². The van der Waals surface area contributed by atoms with E-state index in [1.165, 1.54) is 35.2 Å². The van der Waals surface area contributed by atoms with Gasteiger partial charge in [-0.25, -0.2) is 8.42 Å². The normalized spacial score (nSPS) is 12.3. The number of nitrogens with one attached hydrogen (secondary N) is 1. The van der Waals surface area contributed by atoms with Gasteiger partial charge in [-0.2, -0.15) is 0 Å². The molecule has 4 aromatic rings. The first-order valence-corrected chi connectivity index (χ1v) is 17.2. The first-order valence-electron chi connectivity index (χ1n) is 14.3. The number of halogens is 4. The molecule has 0 heterocycles. The highest BCUT2D eigenvalue weighted by atomic mass is 35.5. The summed E-state index contributed by atoms with van der Waals surface area (Å²) in [5, 5.41) is 4.31. The van der Waals surface area contributed by atoms with E-state index in [1.807, 2.05) is 51.1 Å². The third kappa shape index (κ3) is 9.39. The molecule has 242 valence electrons. The molecule has 1 atom stereocenters. The van der Waals surface area contributed by atoms with Crippen molar-refractivity contribution >= 4 is 73.9 Å². The van der Waals surface area contributed by atoms with E-state index in [2.05, 4.69) is 5.32 Å². The Labute approximate surface area is 290 Å². The minimum absolute atomic E-state index is 0.0803. The Morgan fingerprint density at radius 2 is 1.41 bits per heavy atom. The molecule has 0 fully saturated rings. The number of nitrogens with zero attached hydrogens (tertiary/aromatic N) is 2. The van der Waals surface area contributed by atoms with E-state index in [-0.39, 0.29) is 28.6 Å². The largest absolute Gasteiger partial charge is 0.350 e. The molecule has 0 aliphatic rings. The van der Waals surface area contributed by atoms with Gasteiger partial charge in [0.05, 0.1) is 10.6 Å². The van der Waals surface area contributed by atoms with E-state index >= 15 is 0 Å². The molecule has 2 amide bonds. The van der Waals surface area contributed by atoms with E-state index < -0.39 is 40.0 Å². The highest BCUT2D eigenvalue weighted by Crippen LogP contribution is 2.29. The summed E-state index contributed by atoms with van der Waals surface area (Å²) in [6.07, 6.45) is 0.154. The average Bonchev–Trinajstić information content (AvgIpc) is 2.98. The maximum absolute atomic E-state index is 14.5. The second-order valence-corrected chi connectivity index (χ2v) is 15.2. The first-order chi connectivity index (χ1) is 21.6. The maximum Gasteiger partial charge on any atom is 0.264 e. The fraction of sp³-hybridized carbons (Fsp3) is 0.235. The molecule has 1 N–H and O–H groups in total. The van der Waals surface area contributed by atoms with Crippen molar-refractivity contribution in [3.05, 3.63) is 128 Å². The Kier molecular flexibility index (Phi) is 11.7. The molecule has 0 aliphatic heterocycles. The van der Waals surface area contributed by atoms with Crippen molar-refractivity contribution in [2.24, 2.45) is 0 Å². The Morgan fingerprint density at radius 3 is 2.02 bits per heavy atom. The Balaban J connectivity index is 1.84. The molecule has 7 nitrogen and oxygen atoms in total. The van der Waals surface area contributed by atoms with Crippen LogP contribution in [-0.2, 0) is 32.6 Å². The van der Waals surface area contributed by atoms with Crippen LogP contribution in [-0.4, -0.2) is 43.3 Å². The molecular weight excluding hydrogens is 688 g/mol. The van der Waals surface area contributed by atoms with Crippen LogP contribution < -0.4 is 9.62 Å². The van der Waals surface area contributed by atoms with Crippen LogP contribution in [0.4, 0.5) is 5.69 Å². The number of carbonyl (C=O) groups is 2. The van der Waals surface area contributed by atoms with Crippen molar-refractivity contribution in [2.45, 2.75) is 50.2 Å². The van der Waals surface area contributed by atoms with E-state index in [0.717, 1.165) is 9.87 Å². The zero-order chi connectivity index (χ0) is 33.6. The summed E-state index contributed by atoms with van der Waals surface area (Å²) in [4.78, 5) is 29.8. The molecule has 46 heavy (non-hydrogen) atoms. The van der Waals surface area contributed by atoms with Crippen LogP contribution in [0.2, 0.25) is 20.1 Å². The van der Waals surface area contributed by atoms with Gasteiger partial charge in [-0.15, -0.1) is 0 Å². The van der Waals surface area contributed by atoms with Crippen molar-refractivity contribution in [3.8, 4) is 0 Å². The topological polar surface area (TPSA) is 86.8 Å². The fourth-order valence-corrected chi connectivity index (χ4v) is 6.92. The van der Waals surface area contributed by atoms with Gasteiger partial charge in [0.15, 0.2) is 0 Å². The molecule has 0 aliphatic carbocycles. The van der Waals surface area contributed by atoms with E-state index in [0.29, 0.717) is 20.6 Å². The number of rotatable bonds is 11. The van der Waals surface area contributed by atoms with Crippen LogP contribution in [0.1, 0.15) is 31.9 Å². The molecule has 0 saturated heterocycles. The number of hydrogen-bond donors (Lipinski definition) is 1. The van der Waals surface area contributed by atoms with Gasteiger partial charge >= 0.3 is 0 Å². The lowest BCUT2D eigenvalue weighted by atomic mass is 10.0. The van der Waals surface area contributed by atoms with E-state index in [9.17, 15) is 18.0 Å². The van der Waals surface area contributed by atoms with Gasteiger partial charge in [0.25, 0.3) is 10.0 Å². The molecule has 4 rings (SSSR count). The predicted molar refractivity (Wildman–Crippen MR) is 186 cm³/mol. The average molecular weight is 722 g/mol. The van der Waals surface area contributed by atoms with E-state index in [4.69, 9.17) is 46.4 Å². The van der Waals surface area contributed by atoms with Gasteiger partial charge in [-0.1, -0.05) is 88.9 Å². The summed E-state index contributed by atoms with van der Waals surface area (Å²) < 4.78 is 29.2. The summed E-state index contributed by atoms with van der Waals surface area (Å²) in [6.45, 7) is 4.77. The van der Waals surface area contributed by atoms with Crippen molar-refractivity contribution in [3.63, 3.8) is 0 Å². The van der Waals surface area contributed by atoms with Crippen LogP contribution >= 0.6 is 46.4 Å². The van der Waals surface area contributed by atoms with Crippen LogP contribution in [0.25, 0.3) is 0 Å². The smallest absolute Gasteiger partial charge is 0.264 e. The second kappa shape index (κ2) is 15.1. The minimum atomic E-state index is -4.31. The lowest BCUT2D eigenvalue weighted by molar-refractivity contribution is -0.140. The van der Waals surface area contributed by atoms with Crippen LogP contribution in [0.5, 0.6) is 0 Å². The first kappa shape index (κ1) is 35.6. The number of benzene rings is 4. The van der Waals surface area contributed by atoms with E-state index in [1.54, 1.807) is 36.4 Å². The maximum atomic E-state index is 14.5. The molecule has 0 spiro atoms. The monoisotopic (exact) mass is 719 g/mol. The molecule has 0 radical (unpaired) electrons. The fourth-order valence-electron chi connectivity index (χ4n) is 4.73. The number of sulfonamides is 1. The third-order valence-electron chi connectivity index (χ3n) is 6.90. The van der Waals surface area contributed by atoms with Crippen molar-refractivity contribution in [1.29, 1.82) is 0 Å². The SMILES string of the molecule is CC(C)(C)NC(=O)C(Cc1ccccc1)N(Cc1ccc(Cl)cc1Cl)C(=O)CN(c1cccc(Cl)c1)S(=O)(=O)c1ccc(Cl)cc1. The summed E-state index contributed by atoms with van der Waals surface area (Å²) >= 11 is 25.0. The summed E-state index contributed by atoms with van der Waals surface area (Å²) in [7, 11) is -4.31. The number of hydrogen-bond acceptors (Lipinski definition) is 4. The zero-order valence-electron chi connectivity index (χ0n) is 25.4. The molecule has 1 unspecified atom stereocenters. The van der Waals surface area contributed by atoms with Crippen molar-refractivity contribution < 1.29 is 18.0 Å². The molecular formula is C34H33Cl4N3O4S. The van der Waals surface area contributed by atoms with Crippen LogP contribution in [0, 0.1) is 0 Å². The van der Waals surface area contributed by atoms with Crippen LogP contribution in [0.3, 0.4) is 0 Å². The lowest BCUT2D eigenvalue weighted by Crippen LogP contribution is -2.56. The highest BCUT2D eigenvalue weighted by Gasteiger charge is 2.36. The van der Waals surface area contributed by atoms with Gasteiger partial charge in [0, 0.05) is 38.6 Å². The minimum Gasteiger partial charge on any atom is -0.350 e. The summed E-state index contributed by atoms with van der Waals surface area (Å²) in [5.74, 6) is -1.06. The Morgan fingerprint density at radius 1 is 0.783 bits per heavy atom. The molecule has 0 bridgehead atoms. The Bertz CT molecular complexity index is 1800. The Hall–Kier alpha value is -3.27. The number of amides is 2. The van der Waals surface area contributed by atoms with Gasteiger partial charge in [-0.3, -0.25) is 13.9 Å². The zero-order valence-corrected chi connectivity index (χ0v) is 29.2. The lowest BCUT2D eigenvalue weighted by Gasteiger charge is -2.35. The number of carbonyl (C=O) groups excluding carboxylic acids is 2. The van der Waals surface area contributed by atoms with Gasteiger partial charge in [0.1, 0.15) is 12.6 Å². The van der Waals surface area contributed by atoms with Gasteiger partial charge in [0.2, 0.25) is 11.8 Å². The second-order valence-electron chi connectivity index (χ2n) is 11.6. The third-order valence-corrected chi connectivity index (χ3v) is 9.76. The summed E-state index contributed by atoms with van der Waals surface area (Å²) in [6, 6.07) is 24.9.